The number of anilines is 2. The molecule has 148 valence electrons. The molecular formula is C25H27N3O. The van der Waals surface area contributed by atoms with Gasteiger partial charge < -0.3 is 10.2 Å². The Morgan fingerprint density at radius 3 is 2.38 bits per heavy atom. The van der Waals surface area contributed by atoms with Gasteiger partial charge in [-0.2, -0.15) is 0 Å². The number of aromatic nitrogens is 1. The molecule has 0 aliphatic carbocycles. The molecule has 29 heavy (non-hydrogen) atoms. The summed E-state index contributed by atoms with van der Waals surface area (Å²) in [4.78, 5) is 19.3. The Labute approximate surface area is 172 Å². The normalized spacial score (nSPS) is 14.6. The minimum Gasteiger partial charge on any atom is -0.357 e. The van der Waals surface area contributed by atoms with E-state index in [4.69, 9.17) is 0 Å². The summed E-state index contributed by atoms with van der Waals surface area (Å²) >= 11 is 0. The van der Waals surface area contributed by atoms with Crippen LogP contribution in [0.2, 0.25) is 0 Å². The number of nitrogens with zero attached hydrogens (tertiary/aromatic N) is 2. The molecule has 0 radical (unpaired) electrons. The van der Waals surface area contributed by atoms with Gasteiger partial charge in [0.1, 0.15) is 5.82 Å². The van der Waals surface area contributed by atoms with Crippen LogP contribution in [-0.2, 0) is 6.42 Å². The van der Waals surface area contributed by atoms with Gasteiger partial charge in [0.05, 0.1) is 11.9 Å². The van der Waals surface area contributed by atoms with Crippen LogP contribution >= 0.6 is 0 Å². The molecule has 3 aromatic rings. The van der Waals surface area contributed by atoms with Crippen LogP contribution in [0.15, 0.2) is 72.9 Å². The summed E-state index contributed by atoms with van der Waals surface area (Å²) in [6.45, 7) is 4.06. The first kappa shape index (κ1) is 19.2. The predicted octanol–water partition coefficient (Wildman–Crippen LogP) is 5.10. The van der Waals surface area contributed by atoms with E-state index in [1.54, 1.807) is 6.20 Å². The first-order valence-corrected chi connectivity index (χ1v) is 10.3. The highest BCUT2D eigenvalue weighted by molar-refractivity contribution is 6.04. The van der Waals surface area contributed by atoms with Crippen LogP contribution in [0.4, 0.5) is 11.5 Å². The van der Waals surface area contributed by atoms with Crippen LogP contribution in [0.1, 0.15) is 34.3 Å². The quantitative estimate of drug-likeness (QED) is 0.664. The van der Waals surface area contributed by atoms with Gasteiger partial charge in [-0.25, -0.2) is 4.98 Å². The molecule has 1 aliphatic heterocycles. The molecule has 1 aromatic heterocycles. The van der Waals surface area contributed by atoms with Crippen molar-refractivity contribution in [3.8, 4) is 0 Å². The summed E-state index contributed by atoms with van der Waals surface area (Å²) in [6.07, 6.45) is 5.27. The lowest BCUT2D eigenvalue weighted by atomic mass is 9.90. The maximum absolute atomic E-state index is 12.3. The number of benzene rings is 2. The van der Waals surface area contributed by atoms with E-state index in [1.165, 1.54) is 18.4 Å². The van der Waals surface area contributed by atoms with Gasteiger partial charge in [0, 0.05) is 18.7 Å². The summed E-state index contributed by atoms with van der Waals surface area (Å²) in [7, 11) is 0. The molecular weight excluding hydrogens is 358 g/mol. The van der Waals surface area contributed by atoms with Crippen LogP contribution in [-0.4, -0.2) is 24.0 Å². The molecule has 4 nitrogen and oxygen atoms in total. The zero-order chi connectivity index (χ0) is 20.1. The Bertz CT molecular complexity index is 928. The van der Waals surface area contributed by atoms with Gasteiger partial charge >= 0.3 is 0 Å². The van der Waals surface area contributed by atoms with E-state index in [1.807, 2.05) is 43.3 Å². The Balaban J connectivity index is 1.30. The minimum absolute atomic E-state index is 0.110. The third-order valence-electron chi connectivity index (χ3n) is 5.63. The van der Waals surface area contributed by atoms with Crippen LogP contribution in [0.3, 0.4) is 0 Å². The van der Waals surface area contributed by atoms with Crippen molar-refractivity contribution in [1.29, 1.82) is 0 Å². The highest BCUT2D eigenvalue weighted by atomic mass is 16.1. The van der Waals surface area contributed by atoms with Gasteiger partial charge in [-0.3, -0.25) is 4.79 Å². The van der Waals surface area contributed by atoms with E-state index >= 15 is 0 Å². The fraction of sp³-hybridized carbons (Fsp3) is 0.280. The van der Waals surface area contributed by atoms with Gasteiger partial charge in [-0.15, -0.1) is 0 Å². The molecule has 0 bridgehead atoms. The maximum Gasteiger partial charge on any atom is 0.255 e. The number of carbonyl (C=O) groups excluding carboxylic acids is 1. The standard InChI is InChI=1S/C25H27N3O/c1-19-7-9-22(10-8-19)25(29)27-23-11-12-24(26-18-23)28-15-13-21(14-16-28)17-20-5-3-2-4-6-20/h2-12,18,21H,13-17H2,1H3,(H,27,29). The third-order valence-corrected chi connectivity index (χ3v) is 5.63. The minimum atomic E-state index is -0.110. The van der Waals surface area contributed by atoms with E-state index in [2.05, 4.69) is 45.5 Å². The van der Waals surface area contributed by atoms with Crippen molar-refractivity contribution in [3.63, 3.8) is 0 Å². The smallest absolute Gasteiger partial charge is 0.255 e. The molecule has 4 heteroatoms. The number of pyridine rings is 1. The third kappa shape index (κ3) is 5.02. The molecule has 4 rings (SSSR count). The SMILES string of the molecule is Cc1ccc(C(=O)Nc2ccc(N3CCC(Cc4ccccc4)CC3)nc2)cc1. The highest BCUT2D eigenvalue weighted by Crippen LogP contribution is 2.25. The van der Waals surface area contributed by atoms with E-state index in [-0.39, 0.29) is 5.91 Å². The first-order valence-electron chi connectivity index (χ1n) is 10.3. The maximum atomic E-state index is 12.3. The lowest BCUT2D eigenvalue weighted by Crippen LogP contribution is -2.34. The van der Waals surface area contributed by atoms with Crippen molar-refractivity contribution in [2.24, 2.45) is 5.92 Å². The Hall–Kier alpha value is -3.14. The molecule has 0 unspecified atom stereocenters. The number of carbonyl (C=O) groups is 1. The molecule has 1 amide bonds. The molecule has 0 atom stereocenters. The van der Waals surface area contributed by atoms with Crippen LogP contribution < -0.4 is 10.2 Å². The fourth-order valence-corrected chi connectivity index (χ4v) is 3.87. The van der Waals surface area contributed by atoms with Crippen molar-refractivity contribution < 1.29 is 4.79 Å². The van der Waals surface area contributed by atoms with Crippen LogP contribution in [0.25, 0.3) is 0 Å². The molecule has 2 heterocycles. The topological polar surface area (TPSA) is 45.2 Å². The lowest BCUT2D eigenvalue weighted by molar-refractivity contribution is 0.102. The summed E-state index contributed by atoms with van der Waals surface area (Å²) in [5.74, 6) is 1.61. The van der Waals surface area contributed by atoms with Crippen molar-refractivity contribution >= 4 is 17.4 Å². The number of amides is 1. The van der Waals surface area contributed by atoms with Crippen molar-refractivity contribution in [2.45, 2.75) is 26.2 Å². The first-order chi connectivity index (χ1) is 14.2. The molecule has 1 N–H and O–H groups in total. The second kappa shape index (κ2) is 8.91. The van der Waals surface area contributed by atoms with Gasteiger partial charge in [-0.1, -0.05) is 48.0 Å². The highest BCUT2D eigenvalue weighted by Gasteiger charge is 2.20. The molecule has 1 aliphatic rings. The second-order valence-corrected chi connectivity index (χ2v) is 7.85. The van der Waals surface area contributed by atoms with Gasteiger partial charge in [0.25, 0.3) is 5.91 Å². The summed E-state index contributed by atoms with van der Waals surface area (Å²) in [5, 5.41) is 2.92. The van der Waals surface area contributed by atoms with Crippen LogP contribution in [0, 0.1) is 12.8 Å². The van der Waals surface area contributed by atoms with Crippen LogP contribution in [0.5, 0.6) is 0 Å². The van der Waals surface area contributed by atoms with Crippen molar-refractivity contribution in [2.75, 3.05) is 23.3 Å². The second-order valence-electron chi connectivity index (χ2n) is 7.85. The number of nitrogens with one attached hydrogen (secondary N) is 1. The average Bonchev–Trinajstić information content (AvgIpc) is 2.76. The Kier molecular flexibility index (Phi) is 5.89. The Morgan fingerprint density at radius 1 is 1.00 bits per heavy atom. The van der Waals surface area contributed by atoms with E-state index in [0.717, 1.165) is 42.5 Å². The zero-order valence-electron chi connectivity index (χ0n) is 16.8. The van der Waals surface area contributed by atoms with Gasteiger partial charge in [-0.05, 0) is 61.9 Å². The predicted molar refractivity (Wildman–Crippen MR) is 118 cm³/mol. The molecule has 1 fully saturated rings. The molecule has 0 spiro atoms. The molecule has 0 saturated carbocycles. The van der Waals surface area contributed by atoms with Gasteiger partial charge in [0.2, 0.25) is 0 Å². The number of piperidine rings is 1. The molecule has 1 saturated heterocycles. The van der Waals surface area contributed by atoms with Crippen molar-refractivity contribution in [3.05, 3.63) is 89.6 Å². The Morgan fingerprint density at radius 2 is 1.72 bits per heavy atom. The largest absolute Gasteiger partial charge is 0.357 e. The number of hydrogen-bond acceptors (Lipinski definition) is 3. The summed E-state index contributed by atoms with van der Waals surface area (Å²) in [6, 6.07) is 22.3. The van der Waals surface area contributed by atoms with Gasteiger partial charge in [0.15, 0.2) is 0 Å². The van der Waals surface area contributed by atoms with Crippen molar-refractivity contribution in [1.82, 2.24) is 4.98 Å². The lowest BCUT2D eigenvalue weighted by Gasteiger charge is -2.33. The number of aryl methyl sites for hydroxylation is 1. The fourth-order valence-electron chi connectivity index (χ4n) is 3.87. The van der Waals surface area contributed by atoms with E-state index < -0.39 is 0 Å². The number of rotatable bonds is 5. The molecule has 2 aromatic carbocycles. The average molecular weight is 386 g/mol. The summed E-state index contributed by atoms with van der Waals surface area (Å²) in [5.41, 5.74) is 3.94. The monoisotopic (exact) mass is 385 g/mol. The zero-order valence-corrected chi connectivity index (χ0v) is 16.8. The number of hydrogen-bond donors (Lipinski definition) is 1. The van der Waals surface area contributed by atoms with E-state index in [9.17, 15) is 4.79 Å². The summed E-state index contributed by atoms with van der Waals surface area (Å²) < 4.78 is 0. The van der Waals surface area contributed by atoms with E-state index in [0.29, 0.717) is 5.56 Å².